The van der Waals surface area contributed by atoms with Crippen LogP contribution in [-0.4, -0.2) is 25.0 Å². The Morgan fingerprint density at radius 2 is 2.31 bits per heavy atom. The molecule has 0 spiro atoms. The molecule has 0 radical (unpaired) electrons. The Morgan fingerprint density at radius 3 is 2.85 bits per heavy atom. The van der Waals surface area contributed by atoms with Gasteiger partial charge in [-0.3, -0.25) is 4.79 Å². The summed E-state index contributed by atoms with van der Waals surface area (Å²) in [6.45, 7) is 0.840. The van der Waals surface area contributed by atoms with Gasteiger partial charge in [-0.1, -0.05) is 0 Å². The van der Waals surface area contributed by atoms with Crippen molar-refractivity contribution < 1.29 is 49.0 Å². The molecular formula is C8H11NaO4. The van der Waals surface area contributed by atoms with Crippen LogP contribution in [0.5, 0.6) is 0 Å². The van der Waals surface area contributed by atoms with Crippen molar-refractivity contribution in [2.24, 2.45) is 5.92 Å². The third-order valence-electron chi connectivity index (χ3n) is 1.96. The first kappa shape index (κ1) is 13.1. The van der Waals surface area contributed by atoms with Crippen LogP contribution in [0.1, 0.15) is 19.3 Å². The normalized spacial score (nSPS) is 22.2. The van der Waals surface area contributed by atoms with Crippen LogP contribution in [0.4, 0.5) is 0 Å². The monoisotopic (exact) mass is 194 g/mol. The molecule has 1 aliphatic rings. The molecule has 4 nitrogen and oxygen atoms in total. The zero-order valence-corrected chi connectivity index (χ0v) is 9.75. The average molecular weight is 194 g/mol. The molecule has 13 heavy (non-hydrogen) atoms. The maximum atomic E-state index is 11.1. The number of hydrogen-bond acceptors (Lipinski definition) is 4. The quantitative estimate of drug-likeness (QED) is 0.431. The smallest absolute Gasteiger partial charge is 0.550 e. The molecule has 0 N–H and O–H groups in total. The summed E-state index contributed by atoms with van der Waals surface area (Å²) in [5, 5.41) is 10.1. The second kappa shape index (κ2) is 6.54. The van der Waals surface area contributed by atoms with Gasteiger partial charge in [-0.2, -0.15) is 0 Å². The number of carboxylic acids is 1. The fourth-order valence-electron chi connectivity index (χ4n) is 1.23. The van der Waals surface area contributed by atoms with Gasteiger partial charge in [-0.15, -0.1) is 0 Å². The largest absolute Gasteiger partial charge is 1.00 e. The van der Waals surface area contributed by atoms with E-state index in [4.69, 9.17) is 4.74 Å². The maximum Gasteiger partial charge on any atom is 1.00 e. The zero-order valence-electron chi connectivity index (χ0n) is 7.75. The summed E-state index contributed by atoms with van der Waals surface area (Å²) in [5.74, 6) is -1.22. The molecule has 0 bridgehead atoms. The zero-order chi connectivity index (χ0) is 8.97. The summed E-state index contributed by atoms with van der Waals surface area (Å²) in [5.41, 5.74) is 0. The van der Waals surface area contributed by atoms with Gasteiger partial charge in [-0.05, 0) is 12.8 Å². The van der Waals surface area contributed by atoms with Crippen molar-refractivity contribution in [3.05, 3.63) is 0 Å². The Balaban J connectivity index is 0.00000144. The average Bonchev–Trinajstić information content (AvgIpc) is 2.03. The first-order chi connectivity index (χ1) is 5.70. The van der Waals surface area contributed by atoms with E-state index in [1.165, 1.54) is 0 Å². The van der Waals surface area contributed by atoms with Crippen molar-refractivity contribution in [1.29, 1.82) is 0 Å². The van der Waals surface area contributed by atoms with Gasteiger partial charge in [0.15, 0.2) is 0 Å². The summed E-state index contributed by atoms with van der Waals surface area (Å²) in [6.07, 6.45) is 0.707. The molecule has 0 aromatic carbocycles. The Labute approximate surface area is 98.9 Å². The van der Waals surface area contributed by atoms with E-state index in [1.807, 2.05) is 0 Å². The van der Waals surface area contributed by atoms with Gasteiger partial charge in [0, 0.05) is 18.3 Å². The first-order valence-corrected chi connectivity index (χ1v) is 4.00. The van der Waals surface area contributed by atoms with Crippen molar-refractivity contribution in [1.82, 2.24) is 0 Å². The van der Waals surface area contributed by atoms with Crippen molar-refractivity contribution in [3.8, 4) is 0 Å². The molecule has 1 aliphatic heterocycles. The SMILES string of the molecule is O=C([O-])CCC1COCCC1=O.[Na+]. The van der Waals surface area contributed by atoms with Crippen molar-refractivity contribution in [2.45, 2.75) is 19.3 Å². The second-order valence-corrected chi connectivity index (χ2v) is 2.90. The van der Waals surface area contributed by atoms with E-state index in [9.17, 15) is 14.7 Å². The summed E-state index contributed by atoms with van der Waals surface area (Å²) >= 11 is 0. The molecule has 0 aromatic heterocycles. The van der Waals surface area contributed by atoms with E-state index in [0.29, 0.717) is 26.1 Å². The molecule has 1 atom stereocenters. The summed E-state index contributed by atoms with van der Waals surface area (Å²) < 4.78 is 5.05. The van der Waals surface area contributed by atoms with Crippen LogP contribution < -0.4 is 34.7 Å². The van der Waals surface area contributed by atoms with Gasteiger partial charge >= 0.3 is 29.6 Å². The molecule has 0 saturated carbocycles. The number of ether oxygens (including phenoxy) is 1. The van der Waals surface area contributed by atoms with Gasteiger partial charge in [0.2, 0.25) is 0 Å². The number of carbonyl (C=O) groups is 2. The van der Waals surface area contributed by atoms with Crippen molar-refractivity contribution in [2.75, 3.05) is 13.2 Å². The van der Waals surface area contributed by atoms with Crippen LogP contribution in [0.15, 0.2) is 0 Å². The molecule has 1 heterocycles. The predicted molar refractivity (Wildman–Crippen MR) is 38.2 cm³/mol. The second-order valence-electron chi connectivity index (χ2n) is 2.90. The Hall–Kier alpha value is 0.1000. The number of carboxylic acid groups (broad SMARTS) is 1. The summed E-state index contributed by atoms with van der Waals surface area (Å²) in [4.78, 5) is 21.2. The molecule has 1 unspecified atom stereocenters. The van der Waals surface area contributed by atoms with Crippen LogP contribution in [0.2, 0.25) is 0 Å². The number of carbonyl (C=O) groups excluding carboxylic acids is 2. The van der Waals surface area contributed by atoms with E-state index in [-0.39, 0.29) is 47.7 Å². The van der Waals surface area contributed by atoms with Gasteiger partial charge in [0.05, 0.1) is 13.2 Å². The van der Waals surface area contributed by atoms with E-state index in [1.54, 1.807) is 0 Å². The number of Topliss-reactive ketones (excluding diaryl/α,β-unsaturated/α-hetero) is 1. The van der Waals surface area contributed by atoms with Crippen LogP contribution in [-0.2, 0) is 14.3 Å². The van der Waals surface area contributed by atoms with Crippen LogP contribution >= 0.6 is 0 Å². The summed E-state index contributed by atoms with van der Waals surface area (Å²) in [6, 6.07) is 0. The molecule has 1 rings (SSSR count). The molecular weight excluding hydrogens is 183 g/mol. The topological polar surface area (TPSA) is 66.4 Å². The fraction of sp³-hybridized carbons (Fsp3) is 0.750. The fourth-order valence-corrected chi connectivity index (χ4v) is 1.23. The number of ketones is 1. The molecule has 1 saturated heterocycles. The van der Waals surface area contributed by atoms with Crippen molar-refractivity contribution >= 4 is 11.8 Å². The summed E-state index contributed by atoms with van der Waals surface area (Å²) in [7, 11) is 0. The van der Waals surface area contributed by atoms with Gasteiger partial charge < -0.3 is 14.6 Å². The van der Waals surface area contributed by atoms with E-state index in [0.717, 1.165) is 0 Å². The minimum absolute atomic E-state index is 0. The van der Waals surface area contributed by atoms with Crippen LogP contribution in [0.25, 0.3) is 0 Å². The third-order valence-corrected chi connectivity index (χ3v) is 1.96. The Bertz CT molecular complexity index is 193. The van der Waals surface area contributed by atoms with Gasteiger partial charge in [0.25, 0.3) is 0 Å². The van der Waals surface area contributed by atoms with Crippen molar-refractivity contribution in [3.63, 3.8) is 0 Å². The minimum atomic E-state index is -1.10. The number of hydrogen-bond donors (Lipinski definition) is 0. The minimum Gasteiger partial charge on any atom is -0.550 e. The number of rotatable bonds is 3. The van der Waals surface area contributed by atoms with E-state index in [2.05, 4.69) is 0 Å². The third kappa shape index (κ3) is 4.76. The Kier molecular flexibility index (Phi) is 6.59. The number of aliphatic carboxylic acids is 1. The van der Waals surface area contributed by atoms with Crippen LogP contribution in [0.3, 0.4) is 0 Å². The molecule has 1 fully saturated rings. The first-order valence-electron chi connectivity index (χ1n) is 4.00. The van der Waals surface area contributed by atoms with E-state index >= 15 is 0 Å². The molecule has 0 aromatic rings. The predicted octanol–water partition coefficient (Wildman–Crippen LogP) is -3.87. The Morgan fingerprint density at radius 1 is 1.62 bits per heavy atom. The van der Waals surface area contributed by atoms with Gasteiger partial charge in [0.1, 0.15) is 5.78 Å². The van der Waals surface area contributed by atoms with E-state index < -0.39 is 5.97 Å². The molecule has 0 aliphatic carbocycles. The van der Waals surface area contributed by atoms with Gasteiger partial charge in [-0.25, -0.2) is 0 Å². The molecule has 0 amide bonds. The standard InChI is InChI=1S/C8H12O4.Na/c9-7-3-4-12-5-6(7)1-2-8(10)11;/h6H,1-5H2,(H,10,11);/q;+1/p-1. The molecule has 68 valence electrons. The maximum absolute atomic E-state index is 11.1. The van der Waals surface area contributed by atoms with Crippen LogP contribution in [0, 0.1) is 5.92 Å². The molecule has 5 heteroatoms.